The first-order valence-corrected chi connectivity index (χ1v) is 7.55. The fourth-order valence-corrected chi connectivity index (χ4v) is 2.93. The Labute approximate surface area is 142 Å². The number of ether oxygens (including phenoxy) is 2. The Kier molecular flexibility index (Phi) is 4.07. The third-order valence-corrected chi connectivity index (χ3v) is 4.09. The van der Waals surface area contributed by atoms with Gasteiger partial charge in [0.2, 0.25) is 5.88 Å². The number of H-pyrrole nitrogens is 1. The van der Waals surface area contributed by atoms with Crippen LogP contribution in [0.2, 0.25) is 5.02 Å². The van der Waals surface area contributed by atoms with Crippen LogP contribution in [0.15, 0.2) is 46.6 Å². The SMILES string of the molecule is COC(=O)C1=C(N)Oc2cc(C)[nH]c(=O)c2[C@@H]1c1ccc(Cl)cc1. The van der Waals surface area contributed by atoms with Crippen molar-refractivity contribution in [3.63, 3.8) is 0 Å². The summed E-state index contributed by atoms with van der Waals surface area (Å²) >= 11 is 5.94. The highest BCUT2D eigenvalue weighted by atomic mass is 35.5. The molecule has 6 nitrogen and oxygen atoms in total. The molecule has 0 aliphatic carbocycles. The quantitative estimate of drug-likeness (QED) is 0.813. The lowest BCUT2D eigenvalue weighted by atomic mass is 9.83. The van der Waals surface area contributed by atoms with Gasteiger partial charge in [-0.3, -0.25) is 4.79 Å². The van der Waals surface area contributed by atoms with Crippen LogP contribution < -0.4 is 16.0 Å². The fraction of sp³-hybridized carbons (Fsp3) is 0.176. The number of aromatic nitrogens is 1. The standard InChI is InChI=1S/C17H15ClN2O4/c1-8-7-11-13(16(21)20-8)12(9-3-5-10(18)6-4-9)14(15(19)24-11)17(22)23-2/h3-7,12H,19H2,1-2H3,(H,20,21)/t12-/m0/s1. The van der Waals surface area contributed by atoms with Gasteiger partial charge in [-0.15, -0.1) is 0 Å². The summed E-state index contributed by atoms with van der Waals surface area (Å²) in [6.07, 6.45) is 0. The number of methoxy groups -OCH3 is 1. The normalized spacial score (nSPS) is 16.4. The van der Waals surface area contributed by atoms with Gasteiger partial charge in [-0.1, -0.05) is 23.7 Å². The summed E-state index contributed by atoms with van der Waals surface area (Å²) in [6, 6.07) is 8.49. The molecule has 0 unspecified atom stereocenters. The number of hydrogen-bond donors (Lipinski definition) is 2. The lowest BCUT2D eigenvalue weighted by molar-refractivity contribution is -0.136. The molecule has 0 spiro atoms. The Balaban J connectivity index is 2.29. The number of esters is 1. The minimum atomic E-state index is -0.706. The topological polar surface area (TPSA) is 94.4 Å². The highest BCUT2D eigenvalue weighted by Crippen LogP contribution is 2.41. The zero-order valence-electron chi connectivity index (χ0n) is 13.1. The molecule has 2 aromatic rings. The van der Waals surface area contributed by atoms with Crippen LogP contribution in [0.1, 0.15) is 22.7 Å². The molecule has 0 amide bonds. The van der Waals surface area contributed by atoms with Crippen LogP contribution >= 0.6 is 11.6 Å². The monoisotopic (exact) mass is 346 g/mol. The minimum Gasteiger partial charge on any atom is -0.465 e. The largest absolute Gasteiger partial charge is 0.465 e. The molecule has 1 aromatic heterocycles. The maximum absolute atomic E-state index is 12.5. The van der Waals surface area contributed by atoms with E-state index in [1.54, 1.807) is 37.3 Å². The van der Waals surface area contributed by atoms with Crippen molar-refractivity contribution in [1.82, 2.24) is 4.98 Å². The Hall–Kier alpha value is -2.73. The summed E-state index contributed by atoms with van der Waals surface area (Å²) < 4.78 is 10.3. The summed E-state index contributed by atoms with van der Waals surface area (Å²) in [5.74, 6) is -1.12. The lowest BCUT2D eigenvalue weighted by Crippen LogP contribution is -2.31. The predicted molar refractivity (Wildman–Crippen MR) is 89.0 cm³/mol. The van der Waals surface area contributed by atoms with E-state index < -0.39 is 11.9 Å². The van der Waals surface area contributed by atoms with Gasteiger partial charge < -0.3 is 20.2 Å². The summed E-state index contributed by atoms with van der Waals surface area (Å²) in [6.45, 7) is 1.73. The number of carbonyl (C=O) groups is 1. The number of rotatable bonds is 2. The van der Waals surface area contributed by atoms with Gasteiger partial charge in [0.15, 0.2) is 0 Å². The predicted octanol–water partition coefficient (Wildman–Crippen LogP) is 2.20. The van der Waals surface area contributed by atoms with Crippen LogP contribution in [0, 0.1) is 6.92 Å². The maximum atomic E-state index is 12.5. The maximum Gasteiger partial charge on any atom is 0.340 e. The molecular formula is C17H15ClN2O4. The van der Waals surface area contributed by atoms with Crippen LogP contribution in [0.3, 0.4) is 0 Å². The molecule has 24 heavy (non-hydrogen) atoms. The molecule has 7 heteroatoms. The number of hydrogen-bond acceptors (Lipinski definition) is 5. The zero-order chi connectivity index (χ0) is 17.4. The second-order valence-electron chi connectivity index (χ2n) is 5.42. The smallest absolute Gasteiger partial charge is 0.340 e. The van der Waals surface area contributed by atoms with Gasteiger partial charge in [-0.05, 0) is 24.6 Å². The number of halogens is 1. The molecule has 124 valence electrons. The molecule has 1 aromatic carbocycles. The van der Waals surface area contributed by atoms with E-state index >= 15 is 0 Å². The van der Waals surface area contributed by atoms with Crippen molar-refractivity contribution >= 4 is 17.6 Å². The van der Waals surface area contributed by atoms with E-state index in [-0.39, 0.29) is 17.0 Å². The number of aryl methyl sites for hydroxylation is 1. The Morgan fingerprint density at radius 1 is 1.33 bits per heavy atom. The molecule has 1 aliphatic rings. The van der Waals surface area contributed by atoms with Crippen LogP contribution in [-0.4, -0.2) is 18.1 Å². The molecule has 0 saturated heterocycles. The molecule has 3 N–H and O–H groups in total. The van der Waals surface area contributed by atoms with E-state index in [1.807, 2.05) is 0 Å². The first kappa shape index (κ1) is 16.1. The number of nitrogens with one attached hydrogen (secondary N) is 1. The number of fused-ring (bicyclic) bond motifs is 1. The van der Waals surface area contributed by atoms with Crippen molar-refractivity contribution in [2.45, 2.75) is 12.8 Å². The van der Waals surface area contributed by atoms with Crippen LogP contribution in [0.5, 0.6) is 5.75 Å². The summed E-state index contributed by atoms with van der Waals surface area (Å²) in [5, 5.41) is 0.542. The molecule has 2 heterocycles. The number of carbonyl (C=O) groups excluding carboxylic acids is 1. The molecule has 1 aliphatic heterocycles. The van der Waals surface area contributed by atoms with Gasteiger partial charge in [0.05, 0.1) is 18.6 Å². The van der Waals surface area contributed by atoms with Gasteiger partial charge >= 0.3 is 5.97 Å². The van der Waals surface area contributed by atoms with Crippen molar-refractivity contribution in [3.05, 3.63) is 74.0 Å². The molecule has 0 fully saturated rings. The minimum absolute atomic E-state index is 0.0840. The third kappa shape index (κ3) is 2.65. The Morgan fingerprint density at radius 3 is 2.62 bits per heavy atom. The van der Waals surface area contributed by atoms with Crippen molar-refractivity contribution in [3.8, 4) is 5.75 Å². The van der Waals surface area contributed by atoms with Gasteiger partial charge in [-0.2, -0.15) is 0 Å². The number of pyridine rings is 1. The van der Waals surface area contributed by atoms with E-state index in [2.05, 4.69) is 4.98 Å². The Bertz CT molecular complexity index is 900. The second-order valence-corrected chi connectivity index (χ2v) is 5.85. The van der Waals surface area contributed by atoms with Crippen LogP contribution in [0.25, 0.3) is 0 Å². The number of benzene rings is 1. The highest BCUT2D eigenvalue weighted by Gasteiger charge is 2.37. The summed E-state index contributed by atoms with van der Waals surface area (Å²) in [4.78, 5) is 27.5. The third-order valence-electron chi connectivity index (χ3n) is 3.84. The van der Waals surface area contributed by atoms with Gasteiger partial charge in [0.25, 0.3) is 5.56 Å². The summed E-state index contributed by atoms with van der Waals surface area (Å²) in [7, 11) is 1.25. The molecule has 1 atom stereocenters. The van der Waals surface area contributed by atoms with Crippen LogP contribution in [-0.2, 0) is 9.53 Å². The van der Waals surface area contributed by atoms with Crippen LogP contribution in [0.4, 0.5) is 0 Å². The van der Waals surface area contributed by atoms with E-state index in [0.29, 0.717) is 27.6 Å². The Morgan fingerprint density at radius 2 is 2.00 bits per heavy atom. The van der Waals surface area contributed by atoms with E-state index in [0.717, 1.165) is 0 Å². The van der Waals surface area contributed by atoms with E-state index in [9.17, 15) is 9.59 Å². The molecule has 3 rings (SSSR count). The number of nitrogens with two attached hydrogens (primary N) is 1. The second kappa shape index (κ2) is 6.05. The van der Waals surface area contributed by atoms with Crippen molar-refractivity contribution in [1.29, 1.82) is 0 Å². The van der Waals surface area contributed by atoms with E-state index in [4.69, 9.17) is 26.8 Å². The van der Waals surface area contributed by atoms with Crippen molar-refractivity contribution in [2.24, 2.45) is 5.73 Å². The average molecular weight is 347 g/mol. The first-order valence-electron chi connectivity index (χ1n) is 7.17. The highest BCUT2D eigenvalue weighted by molar-refractivity contribution is 6.30. The van der Waals surface area contributed by atoms with Gasteiger partial charge in [0, 0.05) is 16.8 Å². The number of aromatic amines is 1. The molecule has 0 radical (unpaired) electrons. The molecular weight excluding hydrogens is 332 g/mol. The van der Waals surface area contributed by atoms with Gasteiger partial charge in [0.1, 0.15) is 11.3 Å². The lowest BCUT2D eigenvalue weighted by Gasteiger charge is -2.27. The van der Waals surface area contributed by atoms with Crippen molar-refractivity contribution < 1.29 is 14.3 Å². The summed E-state index contributed by atoms with van der Waals surface area (Å²) in [5.41, 5.74) is 7.30. The van der Waals surface area contributed by atoms with Gasteiger partial charge in [-0.25, -0.2) is 4.79 Å². The molecule has 0 bridgehead atoms. The fourth-order valence-electron chi connectivity index (χ4n) is 2.80. The van der Waals surface area contributed by atoms with Crippen molar-refractivity contribution in [2.75, 3.05) is 7.11 Å². The molecule has 0 saturated carbocycles. The first-order chi connectivity index (χ1) is 11.4. The van der Waals surface area contributed by atoms with E-state index in [1.165, 1.54) is 7.11 Å². The zero-order valence-corrected chi connectivity index (χ0v) is 13.8. The average Bonchev–Trinajstić information content (AvgIpc) is 2.53.